The number of carbonyl (C=O) groups excluding carboxylic acids is 1. The van der Waals surface area contributed by atoms with Gasteiger partial charge in [-0.1, -0.05) is 11.2 Å². The highest BCUT2D eigenvalue weighted by molar-refractivity contribution is 5.81. The zero-order chi connectivity index (χ0) is 15.6. The molecule has 2 aromatic rings. The minimum absolute atomic E-state index is 0.301. The Bertz CT molecular complexity index is 681. The van der Waals surface area contributed by atoms with Gasteiger partial charge < -0.3 is 9.42 Å². The summed E-state index contributed by atoms with van der Waals surface area (Å²) in [4.78, 5) is 22.9. The van der Waals surface area contributed by atoms with Crippen LogP contribution < -0.4 is 0 Å². The van der Waals surface area contributed by atoms with Crippen LogP contribution in [0.4, 0.5) is 0 Å². The molecule has 0 spiro atoms. The van der Waals surface area contributed by atoms with Gasteiger partial charge in [-0.15, -0.1) is 0 Å². The van der Waals surface area contributed by atoms with Crippen LogP contribution in [-0.4, -0.2) is 39.0 Å². The van der Waals surface area contributed by atoms with E-state index in [4.69, 9.17) is 4.52 Å². The summed E-state index contributed by atoms with van der Waals surface area (Å²) in [6.45, 7) is 1.72. The molecule has 0 radical (unpaired) electrons. The van der Waals surface area contributed by atoms with E-state index in [1.54, 1.807) is 6.20 Å². The maximum absolute atomic E-state index is 12.2. The lowest BCUT2D eigenvalue weighted by molar-refractivity contribution is -0.134. The molecule has 120 valence electrons. The van der Waals surface area contributed by atoms with E-state index in [2.05, 4.69) is 15.1 Å². The van der Waals surface area contributed by atoms with Crippen LogP contribution in [-0.2, 0) is 11.2 Å². The predicted octanol–water partition coefficient (Wildman–Crippen LogP) is 2.32. The van der Waals surface area contributed by atoms with Gasteiger partial charge in [0.1, 0.15) is 5.69 Å². The number of pyridine rings is 1. The lowest BCUT2D eigenvalue weighted by atomic mass is 9.94. The summed E-state index contributed by atoms with van der Waals surface area (Å²) in [5, 5.41) is 4.07. The number of carbonyl (C=O) groups is 1. The molecule has 2 aromatic heterocycles. The summed E-state index contributed by atoms with van der Waals surface area (Å²) < 4.78 is 5.31. The van der Waals surface area contributed by atoms with Gasteiger partial charge in [0, 0.05) is 31.6 Å². The molecule has 1 saturated carbocycles. The molecule has 2 fully saturated rings. The number of rotatable bonds is 4. The molecule has 1 unspecified atom stereocenters. The standard InChI is InChI=1S/C17H20N4O2/c22-17(13-6-7-13)21-9-3-4-12(11-21)10-15-19-16(23-20-15)14-5-1-2-8-18-14/h1-2,5,8,12-13H,3-4,6-7,9-11H2. The van der Waals surface area contributed by atoms with Crippen LogP contribution >= 0.6 is 0 Å². The van der Waals surface area contributed by atoms with Gasteiger partial charge in [0.25, 0.3) is 5.89 Å². The van der Waals surface area contributed by atoms with Crippen molar-refractivity contribution >= 4 is 5.91 Å². The van der Waals surface area contributed by atoms with Gasteiger partial charge in [-0.3, -0.25) is 9.78 Å². The Morgan fingerprint density at radius 1 is 1.30 bits per heavy atom. The van der Waals surface area contributed by atoms with Crippen LogP contribution in [0.25, 0.3) is 11.6 Å². The van der Waals surface area contributed by atoms with Crippen LogP contribution in [0.1, 0.15) is 31.5 Å². The minimum atomic E-state index is 0.301. The molecule has 3 heterocycles. The molecule has 6 nitrogen and oxygen atoms in total. The first-order chi connectivity index (χ1) is 11.3. The smallest absolute Gasteiger partial charge is 0.276 e. The van der Waals surface area contributed by atoms with Gasteiger partial charge in [-0.2, -0.15) is 4.98 Å². The van der Waals surface area contributed by atoms with Crippen LogP contribution in [0, 0.1) is 11.8 Å². The van der Waals surface area contributed by atoms with Gasteiger partial charge in [-0.05, 0) is 43.7 Å². The second-order valence-electron chi connectivity index (χ2n) is 6.50. The summed E-state index contributed by atoms with van der Waals surface area (Å²) in [5.41, 5.74) is 0.695. The second-order valence-corrected chi connectivity index (χ2v) is 6.50. The fourth-order valence-electron chi connectivity index (χ4n) is 3.21. The number of nitrogens with zero attached hydrogens (tertiary/aromatic N) is 4. The highest BCUT2D eigenvalue weighted by Crippen LogP contribution is 2.33. The lowest BCUT2D eigenvalue weighted by Gasteiger charge is -2.32. The molecule has 1 aliphatic carbocycles. The molecule has 1 atom stereocenters. The predicted molar refractivity (Wildman–Crippen MR) is 83.3 cm³/mol. The third-order valence-corrected chi connectivity index (χ3v) is 4.58. The van der Waals surface area contributed by atoms with Crippen LogP contribution in [0.3, 0.4) is 0 Å². The molecule has 1 saturated heterocycles. The number of piperidine rings is 1. The Morgan fingerprint density at radius 3 is 3.00 bits per heavy atom. The summed E-state index contributed by atoms with van der Waals surface area (Å²) in [6, 6.07) is 5.61. The van der Waals surface area contributed by atoms with Crippen molar-refractivity contribution in [3.05, 3.63) is 30.2 Å². The SMILES string of the molecule is O=C(C1CC1)N1CCCC(Cc2noc(-c3ccccn3)n2)C1. The highest BCUT2D eigenvalue weighted by atomic mass is 16.5. The Kier molecular flexibility index (Phi) is 3.81. The lowest BCUT2D eigenvalue weighted by Crippen LogP contribution is -2.41. The van der Waals surface area contributed by atoms with Crippen LogP contribution in [0.15, 0.2) is 28.9 Å². The molecule has 6 heteroatoms. The van der Waals surface area contributed by atoms with E-state index in [0.717, 1.165) is 45.2 Å². The summed E-state index contributed by atoms with van der Waals surface area (Å²) >= 11 is 0. The number of amides is 1. The molecular formula is C17H20N4O2. The van der Waals surface area contributed by atoms with Crippen molar-refractivity contribution in [1.29, 1.82) is 0 Å². The third-order valence-electron chi connectivity index (χ3n) is 4.58. The van der Waals surface area contributed by atoms with Crippen LogP contribution in [0.5, 0.6) is 0 Å². The van der Waals surface area contributed by atoms with E-state index >= 15 is 0 Å². The average Bonchev–Trinajstić information content (AvgIpc) is 3.35. The Balaban J connectivity index is 1.40. The molecule has 1 aliphatic heterocycles. The van der Waals surface area contributed by atoms with E-state index in [-0.39, 0.29) is 0 Å². The van der Waals surface area contributed by atoms with E-state index in [1.807, 2.05) is 23.1 Å². The Morgan fingerprint density at radius 2 is 2.22 bits per heavy atom. The molecular weight excluding hydrogens is 292 g/mol. The summed E-state index contributed by atoms with van der Waals surface area (Å²) in [6.07, 6.45) is 6.78. The van der Waals surface area contributed by atoms with Gasteiger partial charge >= 0.3 is 0 Å². The average molecular weight is 312 g/mol. The van der Waals surface area contributed by atoms with Gasteiger partial charge in [0.05, 0.1) is 0 Å². The maximum atomic E-state index is 12.2. The molecule has 0 aromatic carbocycles. The first kappa shape index (κ1) is 14.4. The van der Waals surface area contributed by atoms with E-state index in [0.29, 0.717) is 35.2 Å². The number of aromatic nitrogens is 3. The van der Waals surface area contributed by atoms with E-state index in [1.165, 1.54) is 0 Å². The third kappa shape index (κ3) is 3.25. The van der Waals surface area contributed by atoms with Gasteiger partial charge in [0.15, 0.2) is 5.82 Å². The zero-order valence-corrected chi connectivity index (χ0v) is 13.0. The molecule has 0 bridgehead atoms. The quantitative estimate of drug-likeness (QED) is 0.866. The van der Waals surface area contributed by atoms with Crippen molar-refractivity contribution in [2.24, 2.45) is 11.8 Å². The van der Waals surface area contributed by atoms with E-state index < -0.39 is 0 Å². The fourth-order valence-corrected chi connectivity index (χ4v) is 3.21. The normalized spacial score (nSPS) is 21.4. The maximum Gasteiger partial charge on any atom is 0.276 e. The molecule has 4 rings (SSSR count). The van der Waals surface area contributed by atoms with Gasteiger partial charge in [-0.25, -0.2) is 0 Å². The Hall–Kier alpha value is -2.24. The van der Waals surface area contributed by atoms with Crippen molar-refractivity contribution in [3.63, 3.8) is 0 Å². The van der Waals surface area contributed by atoms with Crippen molar-refractivity contribution in [3.8, 4) is 11.6 Å². The molecule has 2 aliphatic rings. The first-order valence-electron chi connectivity index (χ1n) is 8.32. The van der Waals surface area contributed by atoms with Crippen molar-refractivity contribution in [1.82, 2.24) is 20.0 Å². The van der Waals surface area contributed by atoms with Crippen molar-refractivity contribution in [2.75, 3.05) is 13.1 Å². The largest absolute Gasteiger partial charge is 0.342 e. The van der Waals surface area contributed by atoms with Gasteiger partial charge in [0.2, 0.25) is 5.91 Å². The second kappa shape index (κ2) is 6.10. The molecule has 0 N–H and O–H groups in total. The van der Waals surface area contributed by atoms with Crippen molar-refractivity contribution in [2.45, 2.75) is 32.1 Å². The van der Waals surface area contributed by atoms with E-state index in [9.17, 15) is 4.79 Å². The number of hydrogen-bond acceptors (Lipinski definition) is 5. The number of likely N-dealkylation sites (tertiary alicyclic amines) is 1. The molecule has 23 heavy (non-hydrogen) atoms. The summed E-state index contributed by atoms with van der Waals surface area (Å²) in [5.74, 6) is 2.23. The molecule has 1 amide bonds. The highest BCUT2D eigenvalue weighted by Gasteiger charge is 2.35. The minimum Gasteiger partial charge on any atom is -0.342 e. The number of hydrogen-bond donors (Lipinski definition) is 0. The van der Waals surface area contributed by atoms with Crippen molar-refractivity contribution < 1.29 is 9.32 Å². The zero-order valence-electron chi connectivity index (χ0n) is 13.0. The monoisotopic (exact) mass is 312 g/mol. The topological polar surface area (TPSA) is 72.1 Å². The Labute approximate surface area is 134 Å². The fraction of sp³-hybridized carbons (Fsp3) is 0.529. The summed E-state index contributed by atoms with van der Waals surface area (Å²) in [7, 11) is 0. The first-order valence-corrected chi connectivity index (χ1v) is 8.32. The van der Waals surface area contributed by atoms with Crippen LogP contribution in [0.2, 0.25) is 0 Å².